The van der Waals surface area contributed by atoms with Gasteiger partial charge in [-0.2, -0.15) is 4.37 Å². The molecule has 86 valence electrons. The van der Waals surface area contributed by atoms with Crippen LogP contribution in [0.3, 0.4) is 0 Å². The van der Waals surface area contributed by atoms with Crippen LogP contribution in [-0.2, 0) is 14.3 Å². The van der Waals surface area contributed by atoms with Gasteiger partial charge in [-0.05, 0) is 18.5 Å². The standard InChI is InChI=1S/C9H10N2O4S/c1-5(12)3-7(13)10-6-4-16-11-8(6)9(14)15-2/h4H,3H2,1-2H3,(H,10,13). The van der Waals surface area contributed by atoms with Crippen LogP contribution in [0.4, 0.5) is 5.69 Å². The van der Waals surface area contributed by atoms with E-state index in [9.17, 15) is 14.4 Å². The van der Waals surface area contributed by atoms with E-state index in [0.717, 1.165) is 11.5 Å². The highest BCUT2D eigenvalue weighted by molar-refractivity contribution is 7.04. The fraction of sp³-hybridized carbons (Fsp3) is 0.333. The van der Waals surface area contributed by atoms with E-state index in [4.69, 9.17) is 0 Å². The van der Waals surface area contributed by atoms with Gasteiger partial charge in [0.25, 0.3) is 0 Å². The van der Waals surface area contributed by atoms with E-state index in [2.05, 4.69) is 14.4 Å². The summed E-state index contributed by atoms with van der Waals surface area (Å²) in [7, 11) is 1.23. The van der Waals surface area contributed by atoms with Crippen LogP contribution in [0.1, 0.15) is 23.8 Å². The van der Waals surface area contributed by atoms with Crippen molar-refractivity contribution in [3.8, 4) is 0 Å². The Morgan fingerprint density at radius 3 is 2.75 bits per heavy atom. The number of amides is 1. The van der Waals surface area contributed by atoms with E-state index in [-0.39, 0.29) is 23.6 Å². The Kier molecular flexibility index (Phi) is 4.12. The number of ether oxygens (including phenoxy) is 1. The van der Waals surface area contributed by atoms with Crippen LogP contribution in [0.5, 0.6) is 0 Å². The Morgan fingerprint density at radius 1 is 1.50 bits per heavy atom. The van der Waals surface area contributed by atoms with Gasteiger partial charge in [0.05, 0.1) is 19.2 Å². The van der Waals surface area contributed by atoms with Gasteiger partial charge in [0.15, 0.2) is 5.69 Å². The van der Waals surface area contributed by atoms with E-state index < -0.39 is 11.9 Å². The van der Waals surface area contributed by atoms with Crippen molar-refractivity contribution in [3.05, 3.63) is 11.1 Å². The molecule has 0 bridgehead atoms. The summed E-state index contributed by atoms with van der Waals surface area (Å²) in [4.78, 5) is 33.2. The van der Waals surface area contributed by atoms with E-state index in [1.165, 1.54) is 19.4 Å². The van der Waals surface area contributed by atoms with Crippen LogP contribution in [-0.4, -0.2) is 29.1 Å². The Hall–Kier alpha value is -1.76. The molecule has 0 aromatic carbocycles. The predicted octanol–water partition coefficient (Wildman–Crippen LogP) is 0.847. The molecule has 16 heavy (non-hydrogen) atoms. The Balaban J connectivity index is 2.74. The van der Waals surface area contributed by atoms with Crippen molar-refractivity contribution < 1.29 is 19.1 Å². The average Bonchev–Trinajstić information content (AvgIpc) is 2.63. The van der Waals surface area contributed by atoms with Crippen molar-refractivity contribution in [1.82, 2.24) is 4.37 Å². The number of ketones is 1. The highest BCUT2D eigenvalue weighted by Crippen LogP contribution is 2.17. The van der Waals surface area contributed by atoms with Gasteiger partial charge in [0.2, 0.25) is 5.91 Å². The zero-order valence-corrected chi connectivity index (χ0v) is 9.59. The number of hydrogen-bond acceptors (Lipinski definition) is 6. The molecule has 0 unspecified atom stereocenters. The van der Waals surface area contributed by atoms with E-state index in [1.807, 2.05) is 0 Å². The third kappa shape index (κ3) is 3.13. The third-order valence-electron chi connectivity index (χ3n) is 1.63. The van der Waals surface area contributed by atoms with Gasteiger partial charge in [0.1, 0.15) is 5.78 Å². The molecule has 0 fully saturated rings. The van der Waals surface area contributed by atoms with Gasteiger partial charge >= 0.3 is 5.97 Å². The summed E-state index contributed by atoms with van der Waals surface area (Å²) in [5.41, 5.74) is 0.313. The monoisotopic (exact) mass is 242 g/mol. The summed E-state index contributed by atoms with van der Waals surface area (Å²) < 4.78 is 8.27. The van der Waals surface area contributed by atoms with Crippen LogP contribution in [0.2, 0.25) is 0 Å². The molecule has 1 N–H and O–H groups in total. The molecule has 0 saturated heterocycles. The van der Waals surface area contributed by atoms with E-state index in [0.29, 0.717) is 0 Å². The lowest BCUT2D eigenvalue weighted by Crippen LogP contribution is -2.16. The first-order chi connectivity index (χ1) is 7.54. The van der Waals surface area contributed by atoms with E-state index >= 15 is 0 Å². The van der Waals surface area contributed by atoms with Crippen molar-refractivity contribution in [1.29, 1.82) is 0 Å². The molecule has 1 heterocycles. The van der Waals surface area contributed by atoms with Crippen LogP contribution in [0, 0.1) is 0 Å². The fourth-order valence-electron chi connectivity index (χ4n) is 0.990. The summed E-state index contributed by atoms with van der Waals surface area (Å²) >= 11 is 1.02. The number of methoxy groups -OCH3 is 1. The molecule has 1 aromatic heterocycles. The predicted molar refractivity (Wildman–Crippen MR) is 57.4 cm³/mol. The molecule has 1 amide bonds. The maximum absolute atomic E-state index is 11.3. The van der Waals surface area contributed by atoms with Crippen molar-refractivity contribution in [2.45, 2.75) is 13.3 Å². The quantitative estimate of drug-likeness (QED) is 0.624. The van der Waals surface area contributed by atoms with Gasteiger partial charge < -0.3 is 10.1 Å². The average molecular weight is 242 g/mol. The number of rotatable bonds is 4. The topological polar surface area (TPSA) is 85.4 Å². The van der Waals surface area contributed by atoms with Crippen LogP contribution in [0.15, 0.2) is 5.38 Å². The summed E-state index contributed by atoms with van der Waals surface area (Å²) in [5.74, 6) is -1.35. The number of carbonyl (C=O) groups excluding carboxylic acids is 3. The molecular formula is C9H10N2O4S. The minimum absolute atomic E-state index is 0.0457. The molecule has 0 spiro atoms. The minimum atomic E-state index is -0.626. The second-order valence-electron chi connectivity index (χ2n) is 3.00. The summed E-state index contributed by atoms with van der Waals surface area (Å²) in [6.07, 6.45) is -0.226. The first-order valence-corrected chi connectivity index (χ1v) is 5.20. The number of aromatic nitrogens is 1. The highest BCUT2D eigenvalue weighted by atomic mass is 32.1. The molecule has 0 radical (unpaired) electrons. The number of nitrogens with zero attached hydrogens (tertiary/aromatic N) is 1. The first-order valence-electron chi connectivity index (χ1n) is 4.36. The molecule has 7 heteroatoms. The SMILES string of the molecule is COC(=O)c1nscc1NC(=O)CC(C)=O. The lowest BCUT2D eigenvalue weighted by molar-refractivity contribution is -0.124. The van der Waals surface area contributed by atoms with Crippen molar-refractivity contribution in [2.24, 2.45) is 0 Å². The second-order valence-corrected chi connectivity index (χ2v) is 3.62. The number of nitrogens with one attached hydrogen (secondary N) is 1. The zero-order valence-electron chi connectivity index (χ0n) is 8.77. The first kappa shape index (κ1) is 12.3. The Labute approximate surface area is 95.8 Å². The van der Waals surface area contributed by atoms with Crippen LogP contribution in [0.25, 0.3) is 0 Å². The molecule has 0 atom stereocenters. The molecule has 6 nitrogen and oxygen atoms in total. The molecule has 1 aromatic rings. The van der Waals surface area contributed by atoms with Gasteiger partial charge in [-0.25, -0.2) is 4.79 Å². The maximum Gasteiger partial charge on any atom is 0.359 e. The fourth-order valence-corrected chi connectivity index (χ4v) is 1.60. The van der Waals surface area contributed by atoms with Crippen LogP contribution >= 0.6 is 11.5 Å². The lowest BCUT2D eigenvalue weighted by atomic mass is 10.3. The van der Waals surface area contributed by atoms with Gasteiger partial charge in [-0.1, -0.05) is 0 Å². The lowest BCUT2D eigenvalue weighted by Gasteiger charge is -2.02. The molecule has 0 aliphatic carbocycles. The molecule has 0 aliphatic heterocycles. The normalized spacial score (nSPS) is 9.62. The molecular weight excluding hydrogens is 232 g/mol. The third-order valence-corrected chi connectivity index (χ3v) is 2.26. The smallest absolute Gasteiger partial charge is 0.359 e. The zero-order chi connectivity index (χ0) is 12.1. The van der Waals surface area contributed by atoms with Crippen molar-refractivity contribution in [2.75, 3.05) is 12.4 Å². The largest absolute Gasteiger partial charge is 0.464 e. The van der Waals surface area contributed by atoms with Gasteiger partial charge in [-0.15, -0.1) is 0 Å². The number of anilines is 1. The van der Waals surface area contributed by atoms with Crippen LogP contribution < -0.4 is 5.32 Å². The molecule has 0 aliphatic rings. The van der Waals surface area contributed by atoms with Crippen molar-refractivity contribution >= 4 is 34.9 Å². The van der Waals surface area contributed by atoms with Gasteiger partial charge in [0, 0.05) is 5.38 Å². The van der Waals surface area contributed by atoms with Crippen molar-refractivity contribution in [3.63, 3.8) is 0 Å². The number of carbonyl (C=O) groups is 3. The number of esters is 1. The summed E-state index contributed by atoms with van der Waals surface area (Å²) in [6.45, 7) is 1.31. The number of hydrogen-bond donors (Lipinski definition) is 1. The summed E-state index contributed by atoms with van der Waals surface area (Å²) in [6, 6.07) is 0. The second kappa shape index (κ2) is 5.36. The molecule has 0 saturated carbocycles. The maximum atomic E-state index is 11.3. The Bertz CT molecular complexity index is 427. The molecule has 1 rings (SSSR count). The van der Waals surface area contributed by atoms with Gasteiger partial charge in [-0.3, -0.25) is 9.59 Å². The number of Topliss-reactive ketones (excluding diaryl/α,β-unsaturated/α-hetero) is 1. The highest BCUT2D eigenvalue weighted by Gasteiger charge is 2.17. The minimum Gasteiger partial charge on any atom is -0.464 e. The van der Waals surface area contributed by atoms with E-state index in [1.54, 1.807) is 0 Å². The summed E-state index contributed by atoms with van der Waals surface area (Å²) in [5, 5.41) is 3.93. The Morgan fingerprint density at radius 2 is 2.19 bits per heavy atom.